The minimum Gasteiger partial charge on any atom is -0.462 e. The molecule has 6 heteroatoms. The predicted octanol–water partition coefficient (Wildman–Crippen LogP) is 4.73. The SMILES string of the molecule is CCOC(=O)c1cc(-c2ccc(C)cc2)n(CC(=O)Nc2cccc(F)c2)c1C. The molecule has 0 aliphatic heterocycles. The number of carbonyl (C=O) groups excluding carboxylic acids is 2. The van der Waals surface area contributed by atoms with E-state index in [9.17, 15) is 14.0 Å². The molecule has 1 amide bonds. The van der Waals surface area contributed by atoms with Crippen molar-refractivity contribution in [3.05, 3.63) is 77.2 Å². The second-order valence-electron chi connectivity index (χ2n) is 6.76. The molecule has 1 N–H and O–H groups in total. The fraction of sp³-hybridized carbons (Fsp3) is 0.217. The van der Waals surface area contributed by atoms with Crippen LogP contribution in [0.2, 0.25) is 0 Å². The number of carbonyl (C=O) groups is 2. The fourth-order valence-corrected chi connectivity index (χ4v) is 3.14. The Morgan fingerprint density at radius 3 is 2.45 bits per heavy atom. The molecule has 0 aliphatic carbocycles. The molecule has 0 unspecified atom stereocenters. The number of nitrogens with zero attached hydrogens (tertiary/aromatic N) is 1. The zero-order valence-corrected chi connectivity index (χ0v) is 16.7. The van der Waals surface area contributed by atoms with Crippen LogP contribution in [0.3, 0.4) is 0 Å². The summed E-state index contributed by atoms with van der Waals surface area (Å²) in [5.41, 5.74) is 4.16. The van der Waals surface area contributed by atoms with E-state index in [0.29, 0.717) is 16.9 Å². The maximum atomic E-state index is 13.4. The number of hydrogen-bond donors (Lipinski definition) is 1. The van der Waals surface area contributed by atoms with E-state index < -0.39 is 11.8 Å². The molecule has 0 bridgehead atoms. The summed E-state index contributed by atoms with van der Waals surface area (Å²) in [5, 5.41) is 2.69. The Hall–Kier alpha value is -3.41. The first-order chi connectivity index (χ1) is 13.9. The second kappa shape index (κ2) is 8.73. The van der Waals surface area contributed by atoms with Crippen LogP contribution in [0.25, 0.3) is 11.3 Å². The Morgan fingerprint density at radius 2 is 1.79 bits per heavy atom. The Kier molecular flexibility index (Phi) is 6.12. The lowest BCUT2D eigenvalue weighted by atomic mass is 10.1. The highest BCUT2D eigenvalue weighted by molar-refractivity contribution is 5.94. The highest BCUT2D eigenvalue weighted by Crippen LogP contribution is 2.27. The number of aromatic nitrogens is 1. The molecule has 0 aliphatic rings. The molecular weight excluding hydrogens is 371 g/mol. The van der Waals surface area contributed by atoms with Gasteiger partial charge in [-0.1, -0.05) is 35.9 Å². The maximum absolute atomic E-state index is 13.4. The standard InChI is InChI=1S/C23H23FN2O3/c1-4-29-23(28)20-13-21(17-10-8-15(2)9-11-17)26(16(20)3)14-22(27)25-19-7-5-6-18(24)12-19/h5-13H,4,14H2,1-3H3,(H,25,27). The lowest BCUT2D eigenvalue weighted by Gasteiger charge is -2.13. The molecule has 0 atom stereocenters. The third-order valence-corrected chi connectivity index (χ3v) is 4.62. The molecule has 3 rings (SSSR count). The number of benzene rings is 2. The van der Waals surface area contributed by atoms with Crippen molar-refractivity contribution in [2.24, 2.45) is 0 Å². The van der Waals surface area contributed by atoms with Gasteiger partial charge in [0.1, 0.15) is 12.4 Å². The fourth-order valence-electron chi connectivity index (χ4n) is 3.14. The average molecular weight is 394 g/mol. The summed E-state index contributed by atoms with van der Waals surface area (Å²) in [6, 6.07) is 15.3. The third kappa shape index (κ3) is 4.71. The van der Waals surface area contributed by atoms with Crippen LogP contribution in [-0.2, 0) is 16.1 Å². The van der Waals surface area contributed by atoms with E-state index in [1.54, 1.807) is 30.5 Å². The largest absolute Gasteiger partial charge is 0.462 e. The summed E-state index contributed by atoms with van der Waals surface area (Å²) < 4.78 is 20.3. The summed E-state index contributed by atoms with van der Waals surface area (Å²) in [6.45, 7) is 5.76. The van der Waals surface area contributed by atoms with Gasteiger partial charge in [-0.3, -0.25) is 4.79 Å². The summed E-state index contributed by atoms with van der Waals surface area (Å²) in [6.07, 6.45) is 0. The van der Waals surface area contributed by atoms with Crippen LogP contribution in [0.1, 0.15) is 28.5 Å². The molecule has 3 aromatic rings. The number of hydrogen-bond acceptors (Lipinski definition) is 3. The maximum Gasteiger partial charge on any atom is 0.339 e. The third-order valence-electron chi connectivity index (χ3n) is 4.62. The van der Waals surface area contributed by atoms with Gasteiger partial charge in [0, 0.05) is 17.1 Å². The molecule has 0 spiro atoms. The molecule has 150 valence electrons. The first kappa shape index (κ1) is 20.3. The first-order valence-electron chi connectivity index (χ1n) is 9.38. The van der Waals surface area contributed by atoms with Crippen LogP contribution < -0.4 is 5.32 Å². The highest BCUT2D eigenvalue weighted by atomic mass is 19.1. The molecule has 0 saturated heterocycles. The number of amides is 1. The predicted molar refractivity (Wildman–Crippen MR) is 110 cm³/mol. The van der Waals surface area contributed by atoms with Crippen molar-refractivity contribution >= 4 is 17.6 Å². The van der Waals surface area contributed by atoms with Crippen molar-refractivity contribution in [3.63, 3.8) is 0 Å². The molecule has 0 saturated carbocycles. The van der Waals surface area contributed by atoms with Crippen LogP contribution in [0, 0.1) is 19.7 Å². The van der Waals surface area contributed by atoms with Crippen molar-refractivity contribution in [2.75, 3.05) is 11.9 Å². The van der Waals surface area contributed by atoms with Crippen molar-refractivity contribution in [3.8, 4) is 11.3 Å². The average Bonchev–Trinajstić information content (AvgIpc) is 2.99. The van der Waals surface area contributed by atoms with Crippen LogP contribution in [0.4, 0.5) is 10.1 Å². The van der Waals surface area contributed by atoms with Crippen LogP contribution in [0.5, 0.6) is 0 Å². The van der Waals surface area contributed by atoms with Gasteiger partial charge in [-0.15, -0.1) is 0 Å². The molecule has 0 radical (unpaired) electrons. The summed E-state index contributed by atoms with van der Waals surface area (Å²) in [4.78, 5) is 25.0. The smallest absolute Gasteiger partial charge is 0.339 e. The van der Waals surface area contributed by atoms with Crippen molar-refractivity contribution < 1.29 is 18.7 Å². The zero-order valence-electron chi connectivity index (χ0n) is 16.7. The Balaban J connectivity index is 1.95. The number of nitrogens with one attached hydrogen (secondary N) is 1. The minimum absolute atomic E-state index is 0.0229. The lowest BCUT2D eigenvalue weighted by molar-refractivity contribution is -0.116. The van der Waals surface area contributed by atoms with E-state index in [4.69, 9.17) is 4.74 Å². The van der Waals surface area contributed by atoms with Crippen molar-refractivity contribution in [1.82, 2.24) is 4.57 Å². The van der Waals surface area contributed by atoms with Gasteiger partial charge < -0.3 is 14.6 Å². The molecule has 29 heavy (non-hydrogen) atoms. The van der Waals surface area contributed by atoms with Gasteiger partial charge in [0.25, 0.3) is 0 Å². The van der Waals surface area contributed by atoms with Gasteiger partial charge in [-0.05, 0) is 50.6 Å². The number of rotatable bonds is 6. The van der Waals surface area contributed by atoms with E-state index in [1.807, 2.05) is 31.2 Å². The summed E-state index contributed by atoms with van der Waals surface area (Å²) >= 11 is 0. The van der Waals surface area contributed by atoms with E-state index in [-0.39, 0.29) is 19.1 Å². The lowest BCUT2D eigenvalue weighted by Crippen LogP contribution is -2.20. The quantitative estimate of drug-likeness (QED) is 0.615. The molecule has 2 aromatic carbocycles. The van der Waals surface area contributed by atoms with Gasteiger partial charge in [-0.25, -0.2) is 9.18 Å². The Morgan fingerprint density at radius 1 is 1.07 bits per heavy atom. The van der Waals surface area contributed by atoms with E-state index in [1.165, 1.54) is 18.2 Å². The number of aryl methyl sites for hydroxylation is 1. The van der Waals surface area contributed by atoms with Crippen LogP contribution in [-0.4, -0.2) is 23.1 Å². The van der Waals surface area contributed by atoms with Gasteiger partial charge in [0.2, 0.25) is 5.91 Å². The van der Waals surface area contributed by atoms with E-state index in [2.05, 4.69) is 5.32 Å². The number of ether oxygens (including phenoxy) is 1. The van der Waals surface area contributed by atoms with Gasteiger partial charge in [0.15, 0.2) is 0 Å². The number of halogens is 1. The molecular formula is C23H23FN2O3. The summed E-state index contributed by atoms with van der Waals surface area (Å²) in [7, 11) is 0. The van der Waals surface area contributed by atoms with Crippen LogP contribution in [0.15, 0.2) is 54.6 Å². The Labute approximate surface area is 169 Å². The number of esters is 1. The van der Waals surface area contributed by atoms with Crippen LogP contribution >= 0.6 is 0 Å². The summed E-state index contributed by atoms with van der Waals surface area (Å²) in [5.74, 6) is -1.18. The van der Waals surface area contributed by atoms with Crippen molar-refractivity contribution in [2.45, 2.75) is 27.3 Å². The molecule has 5 nitrogen and oxygen atoms in total. The Bertz CT molecular complexity index is 1040. The molecule has 1 heterocycles. The minimum atomic E-state index is -0.428. The van der Waals surface area contributed by atoms with E-state index in [0.717, 1.165) is 16.8 Å². The zero-order chi connectivity index (χ0) is 21.0. The molecule has 0 fully saturated rings. The highest BCUT2D eigenvalue weighted by Gasteiger charge is 2.21. The number of anilines is 1. The van der Waals surface area contributed by atoms with Crippen molar-refractivity contribution in [1.29, 1.82) is 0 Å². The van der Waals surface area contributed by atoms with Gasteiger partial charge in [-0.2, -0.15) is 0 Å². The first-order valence-corrected chi connectivity index (χ1v) is 9.38. The molecule has 1 aromatic heterocycles. The second-order valence-corrected chi connectivity index (χ2v) is 6.76. The van der Waals surface area contributed by atoms with Gasteiger partial charge >= 0.3 is 5.97 Å². The monoisotopic (exact) mass is 394 g/mol. The van der Waals surface area contributed by atoms with E-state index >= 15 is 0 Å². The topological polar surface area (TPSA) is 60.3 Å². The normalized spacial score (nSPS) is 10.6. The van der Waals surface area contributed by atoms with Gasteiger partial charge in [0.05, 0.1) is 12.2 Å².